The van der Waals surface area contributed by atoms with Gasteiger partial charge in [0, 0.05) is 19.2 Å². The number of hydrogen-bond acceptors (Lipinski definition) is 10. The number of rotatable bonds is 10. The molecule has 2 N–H and O–H groups in total. The average molecular weight is 613 g/mol. The summed E-state index contributed by atoms with van der Waals surface area (Å²) in [6, 6.07) is 8.38. The Hall–Kier alpha value is -3.08. The molecule has 41 heavy (non-hydrogen) atoms. The van der Waals surface area contributed by atoms with Gasteiger partial charge < -0.3 is 29.2 Å². The van der Waals surface area contributed by atoms with Gasteiger partial charge >= 0.3 is 0 Å². The van der Waals surface area contributed by atoms with Crippen molar-refractivity contribution in [3.05, 3.63) is 81.9 Å². The highest BCUT2D eigenvalue weighted by Crippen LogP contribution is 2.28. The third-order valence-corrected chi connectivity index (χ3v) is 6.91. The molecular formula is C25H24Cl2F2N6O6. The molecule has 3 unspecified atom stereocenters. The molecule has 0 aliphatic carbocycles. The Labute approximate surface area is 241 Å². The topological polar surface area (TPSA) is 139 Å². The van der Waals surface area contributed by atoms with Crippen molar-refractivity contribution in [1.29, 1.82) is 0 Å². The van der Waals surface area contributed by atoms with Crippen LogP contribution < -0.4 is 0 Å². The lowest BCUT2D eigenvalue weighted by Crippen LogP contribution is -2.60. The SMILES string of the molecule is CO[C@@H]1OC(CO)[C@@H](O)C(OCc2cn(-c3ccc(Cl)c(F)c3)nn2)C1OCc1cn(-c2ccc(Cl)c(F)c2)nn1. The van der Waals surface area contributed by atoms with Gasteiger partial charge in [-0.25, -0.2) is 18.1 Å². The van der Waals surface area contributed by atoms with Crippen LogP contribution in [0.2, 0.25) is 10.0 Å². The zero-order chi connectivity index (χ0) is 29.1. The van der Waals surface area contributed by atoms with Crippen molar-refractivity contribution >= 4 is 23.2 Å². The summed E-state index contributed by atoms with van der Waals surface area (Å²) in [5.41, 5.74) is 1.54. The van der Waals surface area contributed by atoms with Crippen molar-refractivity contribution in [2.75, 3.05) is 13.7 Å². The van der Waals surface area contributed by atoms with Crippen molar-refractivity contribution in [2.24, 2.45) is 0 Å². The molecule has 16 heteroatoms. The maximum atomic E-state index is 13.9. The summed E-state index contributed by atoms with van der Waals surface area (Å²) in [5, 5.41) is 36.6. The standard InChI is InChI=1S/C25H24Cl2F2N6O6/c1-38-25-24(40-12-14-9-35(33-31-14)16-3-5-18(27)20(29)7-16)23(22(37)21(10-36)41-25)39-11-13-8-34(32-30-13)15-2-4-17(26)19(28)6-15/h2-9,21-25,36-37H,10-12H2,1H3/t21?,22-,23?,24?,25-/m1/s1. The van der Waals surface area contributed by atoms with E-state index in [0.717, 1.165) is 0 Å². The number of methoxy groups -OCH3 is 1. The van der Waals surface area contributed by atoms with Crippen LogP contribution in [0.4, 0.5) is 8.78 Å². The Kier molecular flexibility index (Phi) is 9.21. The van der Waals surface area contributed by atoms with Crippen LogP contribution in [-0.2, 0) is 32.2 Å². The lowest BCUT2D eigenvalue weighted by molar-refractivity contribution is -0.314. The molecule has 0 saturated carbocycles. The molecule has 3 heterocycles. The van der Waals surface area contributed by atoms with Gasteiger partial charge in [-0.2, -0.15) is 0 Å². The first-order valence-electron chi connectivity index (χ1n) is 12.2. The molecule has 218 valence electrons. The van der Waals surface area contributed by atoms with Crippen LogP contribution in [0.5, 0.6) is 0 Å². The summed E-state index contributed by atoms with van der Waals surface area (Å²) >= 11 is 11.5. The Morgan fingerprint density at radius 2 is 1.39 bits per heavy atom. The fraction of sp³-hybridized carbons (Fsp3) is 0.360. The van der Waals surface area contributed by atoms with E-state index < -0.39 is 48.9 Å². The van der Waals surface area contributed by atoms with Crippen molar-refractivity contribution < 1.29 is 37.9 Å². The number of aliphatic hydroxyl groups excluding tert-OH is 2. The summed E-state index contributed by atoms with van der Waals surface area (Å²) in [6.45, 7) is -0.721. The number of benzene rings is 2. The van der Waals surface area contributed by atoms with Crippen LogP contribution in [0, 0.1) is 11.6 Å². The molecule has 2 aromatic carbocycles. The van der Waals surface area contributed by atoms with Gasteiger partial charge in [0.1, 0.15) is 47.4 Å². The second-order valence-electron chi connectivity index (χ2n) is 9.01. The second-order valence-corrected chi connectivity index (χ2v) is 9.82. The molecule has 5 atom stereocenters. The summed E-state index contributed by atoms with van der Waals surface area (Å²) in [6.07, 6.45) is -2.29. The van der Waals surface area contributed by atoms with E-state index in [1.165, 1.54) is 53.1 Å². The minimum Gasteiger partial charge on any atom is -0.394 e. The highest BCUT2D eigenvalue weighted by molar-refractivity contribution is 6.31. The van der Waals surface area contributed by atoms with E-state index in [2.05, 4.69) is 20.6 Å². The Morgan fingerprint density at radius 1 is 0.878 bits per heavy atom. The summed E-state index contributed by atoms with van der Waals surface area (Å²) in [7, 11) is 1.38. The van der Waals surface area contributed by atoms with Crippen LogP contribution in [0.15, 0.2) is 48.8 Å². The Bertz CT molecular complexity index is 1490. The van der Waals surface area contributed by atoms with Gasteiger partial charge in [0.15, 0.2) is 6.29 Å². The second kappa shape index (κ2) is 12.8. The first kappa shape index (κ1) is 29.4. The predicted molar refractivity (Wildman–Crippen MR) is 139 cm³/mol. The van der Waals surface area contributed by atoms with E-state index in [1.54, 1.807) is 12.1 Å². The Morgan fingerprint density at radius 3 is 1.85 bits per heavy atom. The molecule has 0 amide bonds. The van der Waals surface area contributed by atoms with Crippen molar-refractivity contribution in [1.82, 2.24) is 30.0 Å². The van der Waals surface area contributed by atoms with Crippen molar-refractivity contribution in [2.45, 2.75) is 43.9 Å². The molecular weight excluding hydrogens is 589 g/mol. The van der Waals surface area contributed by atoms with Gasteiger partial charge in [0.25, 0.3) is 0 Å². The first-order valence-corrected chi connectivity index (χ1v) is 13.0. The van der Waals surface area contributed by atoms with E-state index in [-0.39, 0.29) is 23.3 Å². The minimum atomic E-state index is -1.30. The third kappa shape index (κ3) is 6.55. The highest BCUT2D eigenvalue weighted by atomic mass is 35.5. The zero-order valence-corrected chi connectivity index (χ0v) is 22.9. The van der Waals surface area contributed by atoms with E-state index in [0.29, 0.717) is 22.8 Å². The van der Waals surface area contributed by atoms with E-state index in [4.69, 9.17) is 42.1 Å². The highest BCUT2D eigenvalue weighted by Gasteiger charge is 2.47. The van der Waals surface area contributed by atoms with Gasteiger partial charge in [-0.1, -0.05) is 33.6 Å². The van der Waals surface area contributed by atoms with Gasteiger partial charge in [-0.15, -0.1) is 10.2 Å². The lowest BCUT2D eigenvalue weighted by atomic mass is 9.98. The summed E-state index contributed by atoms with van der Waals surface area (Å²) in [4.78, 5) is 0. The average Bonchev–Trinajstić information content (AvgIpc) is 3.64. The maximum Gasteiger partial charge on any atom is 0.186 e. The Balaban J connectivity index is 1.29. The van der Waals surface area contributed by atoms with Crippen molar-refractivity contribution in [3.8, 4) is 11.4 Å². The number of nitrogens with zero attached hydrogens (tertiary/aromatic N) is 6. The third-order valence-electron chi connectivity index (χ3n) is 6.30. The number of aliphatic hydroxyl groups is 2. The van der Waals surface area contributed by atoms with Gasteiger partial charge in [0.2, 0.25) is 0 Å². The molecule has 1 aliphatic heterocycles. The van der Waals surface area contributed by atoms with Crippen LogP contribution in [0.3, 0.4) is 0 Å². The summed E-state index contributed by atoms with van der Waals surface area (Å²) < 4.78 is 53.5. The normalized spacial score (nSPS) is 22.8. The lowest BCUT2D eigenvalue weighted by Gasteiger charge is -2.43. The molecule has 1 saturated heterocycles. The van der Waals surface area contributed by atoms with Crippen LogP contribution in [0.25, 0.3) is 11.4 Å². The molecule has 0 radical (unpaired) electrons. The molecule has 12 nitrogen and oxygen atoms in total. The quantitative estimate of drug-likeness (QED) is 0.275. The molecule has 5 rings (SSSR count). The van der Waals surface area contributed by atoms with Crippen LogP contribution >= 0.6 is 23.2 Å². The van der Waals surface area contributed by atoms with Gasteiger partial charge in [-0.05, 0) is 24.3 Å². The first-order chi connectivity index (χ1) is 19.8. The molecule has 0 bridgehead atoms. The minimum absolute atomic E-state index is 0.0208. The number of aromatic nitrogens is 6. The van der Waals surface area contributed by atoms with Crippen molar-refractivity contribution in [3.63, 3.8) is 0 Å². The van der Waals surface area contributed by atoms with E-state index in [9.17, 15) is 19.0 Å². The number of halogens is 4. The number of hydrogen-bond donors (Lipinski definition) is 2. The van der Waals surface area contributed by atoms with E-state index >= 15 is 0 Å². The number of ether oxygens (including phenoxy) is 4. The molecule has 0 spiro atoms. The largest absolute Gasteiger partial charge is 0.394 e. The maximum absolute atomic E-state index is 13.9. The fourth-order valence-electron chi connectivity index (χ4n) is 4.20. The zero-order valence-electron chi connectivity index (χ0n) is 21.3. The smallest absolute Gasteiger partial charge is 0.186 e. The van der Waals surface area contributed by atoms with Gasteiger partial charge in [0.05, 0.1) is 53.6 Å². The molecule has 1 aliphatic rings. The van der Waals surface area contributed by atoms with Crippen LogP contribution in [0.1, 0.15) is 11.4 Å². The van der Waals surface area contributed by atoms with Crippen LogP contribution in [-0.4, -0.2) is 84.6 Å². The monoisotopic (exact) mass is 612 g/mol. The summed E-state index contributed by atoms with van der Waals surface area (Å²) in [5.74, 6) is -1.21. The molecule has 4 aromatic rings. The van der Waals surface area contributed by atoms with Gasteiger partial charge in [-0.3, -0.25) is 0 Å². The van der Waals surface area contributed by atoms with E-state index in [1.807, 2.05) is 0 Å². The molecule has 2 aromatic heterocycles. The fourth-order valence-corrected chi connectivity index (χ4v) is 4.43. The molecule has 1 fully saturated rings. The predicted octanol–water partition coefficient (Wildman–Crippen LogP) is 2.63.